The van der Waals surface area contributed by atoms with Crippen LogP contribution in [0.1, 0.15) is 6.92 Å². The first kappa shape index (κ1) is 16.1. The molecule has 0 aliphatic carbocycles. The first-order chi connectivity index (χ1) is 11.2. The average molecular weight is 328 g/mol. The first-order valence-electron chi connectivity index (χ1n) is 7.85. The van der Waals surface area contributed by atoms with E-state index in [2.05, 4.69) is 5.32 Å². The summed E-state index contributed by atoms with van der Waals surface area (Å²) in [5, 5.41) is 4.81. The number of piperazine rings is 1. The van der Waals surface area contributed by atoms with Gasteiger partial charge in [-0.1, -0.05) is 36.4 Å². The highest BCUT2D eigenvalue weighted by molar-refractivity contribution is 7.76. The number of carbonyl (C=O) groups excluding carboxylic acids is 1. The van der Waals surface area contributed by atoms with Crippen molar-refractivity contribution in [2.45, 2.75) is 19.0 Å². The molecule has 120 valence electrons. The zero-order valence-corrected chi connectivity index (χ0v) is 14.0. The van der Waals surface area contributed by atoms with E-state index in [0.29, 0.717) is 13.1 Å². The van der Waals surface area contributed by atoms with Crippen LogP contribution in [0, 0.1) is 0 Å². The monoisotopic (exact) mass is 328 g/mol. The highest BCUT2D eigenvalue weighted by Crippen LogP contribution is 2.49. The van der Waals surface area contributed by atoms with E-state index in [9.17, 15) is 9.36 Å². The Kier molecular flexibility index (Phi) is 4.76. The second kappa shape index (κ2) is 6.79. The molecule has 2 atom stereocenters. The Balaban J connectivity index is 2.13. The van der Waals surface area contributed by atoms with Crippen LogP contribution >= 0.6 is 7.29 Å². The third-order valence-electron chi connectivity index (χ3n) is 4.43. The molecule has 1 N–H and O–H groups in total. The van der Waals surface area contributed by atoms with E-state index in [1.807, 2.05) is 72.3 Å². The molecule has 5 heteroatoms. The molecule has 0 spiro atoms. The molecule has 3 rings (SSSR count). The van der Waals surface area contributed by atoms with Gasteiger partial charge in [-0.2, -0.15) is 0 Å². The second-order valence-corrected chi connectivity index (χ2v) is 8.47. The Labute approximate surface area is 136 Å². The number of carbonyl (C=O) groups is 1. The minimum absolute atomic E-state index is 0.132. The summed E-state index contributed by atoms with van der Waals surface area (Å²) in [5.41, 5.74) is 0. The van der Waals surface area contributed by atoms with Crippen LogP contribution in [0.4, 0.5) is 0 Å². The van der Waals surface area contributed by atoms with E-state index in [1.54, 1.807) is 0 Å². The van der Waals surface area contributed by atoms with Crippen LogP contribution in [0.3, 0.4) is 0 Å². The lowest BCUT2D eigenvalue weighted by Crippen LogP contribution is -2.57. The lowest BCUT2D eigenvalue weighted by atomic mass is 10.1. The third-order valence-corrected chi connectivity index (χ3v) is 7.72. The van der Waals surface area contributed by atoms with Crippen molar-refractivity contribution in [3.05, 3.63) is 60.7 Å². The Hall–Kier alpha value is -1.74. The van der Waals surface area contributed by atoms with Gasteiger partial charge in [-0.05, 0) is 31.2 Å². The van der Waals surface area contributed by atoms with E-state index in [4.69, 9.17) is 0 Å². The zero-order valence-electron chi connectivity index (χ0n) is 13.1. The van der Waals surface area contributed by atoms with Crippen molar-refractivity contribution >= 4 is 24.2 Å². The summed E-state index contributed by atoms with van der Waals surface area (Å²) in [7, 11) is -2.97. The van der Waals surface area contributed by atoms with Crippen LogP contribution in [-0.4, -0.2) is 36.1 Å². The summed E-state index contributed by atoms with van der Waals surface area (Å²) in [6.07, 6.45) is 0.914. The Morgan fingerprint density at radius 1 is 1.04 bits per heavy atom. The van der Waals surface area contributed by atoms with Gasteiger partial charge in [-0.25, -0.2) is 4.67 Å². The van der Waals surface area contributed by atoms with Crippen molar-refractivity contribution in [2.75, 3.05) is 13.1 Å². The quantitative estimate of drug-likeness (QED) is 0.687. The van der Waals surface area contributed by atoms with Crippen molar-refractivity contribution in [1.82, 2.24) is 9.99 Å². The van der Waals surface area contributed by atoms with Gasteiger partial charge in [0.25, 0.3) is 0 Å². The highest BCUT2D eigenvalue weighted by Gasteiger charge is 2.41. The van der Waals surface area contributed by atoms with Gasteiger partial charge in [0.1, 0.15) is 6.29 Å². The van der Waals surface area contributed by atoms with E-state index in [1.165, 1.54) is 0 Å². The summed E-state index contributed by atoms with van der Waals surface area (Å²) in [6.45, 7) is 3.26. The summed E-state index contributed by atoms with van der Waals surface area (Å²) in [4.78, 5) is 11.3. The molecular weight excluding hydrogens is 307 g/mol. The average Bonchev–Trinajstić information content (AvgIpc) is 2.63. The van der Waals surface area contributed by atoms with E-state index in [-0.39, 0.29) is 12.1 Å². The van der Waals surface area contributed by atoms with Crippen LogP contribution in [-0.2, 0) is 9.36 Å². The maximum atomic E-state index is 14.2. The molecule has 1 fully saturated rings. The van der Waals surface area contributed by atoms with E-state index in [0.717, 1.165) is 16.9 Å². The smallest absolute Gasteiger partial charge is 0.207 e. The molecule has 0 aromatic heterocycles. The molecule has 0 amide bonds. The molecule has 4 nitrogen and oxygen atoms in total. The van der Waals surface area contributed by atoms with Crippen LogP contribution < -0.4 is 15.9 Å². The number of benzene rings is 2. The van der Waals surface area contributed by atoms with E-state index < -0.39 is 7.29 Å². The van der Waals surface area contributed by atoms with Crippen molar-refractivity contribution in [1.29, 1.82) is 0 Å². The predicted octanol–water partition coefficient (Wildman–Crippen LogP) is 1.78. The van der Waals surface area contributed by atoms with Crippen LogP contribution in [0.2, 0.25) is 0 Å². The topological polar surface area (TPSA) is 49.4 Å². The largest absolute Gasteiger partial charge is 0.305 e. The lowest BCUT2D eigenvalue weighted by molar-refractivity contribution is -0.111. The molecule has 1 aliphatic heterocycles. The fourth-order valence-electron chi connectivity index (χ4n) is 3.17. The summed E-state index contributed by atoms with van der Waals surface area (Å²) >= 11 is 0. The Morgan fingerprint density at radius 3 is 2.04 bits per heavy atom. The van der Waals surface area contributed by atoms with E-state index >= 15 is 0 Å². The summed E-state index contributed by atoms with van der Waals surface area (Å²) in [6, 6.07) is 18.7. The second-order valence-electron chi connectivity index (χ2n) is 5.77. The molecular formula is C18H21N2O2P. The number of hydrogen-bond donors (Lipinski definition) is 1. The number of rotatable bonds is 4. The molecule has 0 bridgehead atoms. The fourth-order valence-corrected chi connectivity index (χ4v) is 6.25. The van der Waals surface area contributed by atoms with Crippen LogP contribution in [0.5, 0.6) is 0 Å². The van der Waals surface area contributed by atoms with Crippen molar-refractivity contribution < 1.29 is 9.36 Å². The van der Waals surface area contributed by atoms with Crippen LogP contribution in [0.25, 0.3) is 0 Å². The van der Waals surface area contributed by atoms with Gasteiger partial charge < -0.3 is 10.1 Å². The molecule has 1 aliphatic rings. The van der Waals surface area contributed by atoms with Gasteiger partial charge >= 0.3 is 0 Å². The molecule has 1 unspecified atom stereocenters. The van der Waals surface area contributed by atoms with Crippen molar-refractivity contribution in [2.24, 2.45) is 0 Å². The SMILES string of the molecule is C[C@@H]1C(C=O)NCCN1P(=O)(c1ccccc1)c1ccccc1. The third kappa shape index (κ3) is 2.90. The van der Waals surface area contributed by atoms with Gasteiger partial charge in [0.15, 0.2) is 0 Å². The molecule has 2 aromatic carbocycles. The fraction of sp³-hybridized carbons (Fsp3) is 0.278. The first-order valence-corrected chi connectivity index (χ1v) is 9.51. The normalized spacial score (nSPS) is 22.7. The molecule has 0 saturated carbocycles. The van der Waals surface area contributed by atoms with Gasteiger partial charge in [-0.3, -0.25) is 4.57 Å². The summed E-state index contributed by atoms with van der Waals surface area (Å²) < 4.78 is 16.2. The van der Waals surface area contributed by atoms with Crippen molar-refractivity contribution in [3.63, 3.8) is 0 Å². The summed E-state index contributed by atoms with van der Waals surface area (Å²) in [5.74, 6) is 0. The highest BCUT2D eigenvalue weighted by atomic mass is 31.2. The zero-order chi connectivity index (χ0) is 16.3. The Morgan fingerprint density at radius 2 is 1.57 bits per heavy atom. The maximum absolute atomic E-state index is 14.2. The van der Waals surface area contributed by atoms with Gasteiger partial charge in [0, 0.05) is 29.7 Å². The number of nitrogens with zero attached hydrogens (tertiary/aromatic N) is 1. The molecule has 0 radical (unpaired) electrons. The minimum Gasteiger partial charge on any atom is -0.305 e. The van der Waals surface area contributed by atoms with Gasteiger partial charge in [0.2, 0.25) is 7.29 Å². The minimum atomic E-state index is -2.97. The van der Waals surface area contributed by atoms with Gasteiger partial charge in [-0.15, -0.1) is 0 Å². The van der Waals surface area contributed by atoms with Gasteiger partial charge in [0.05, 0.1) is 6.04 Å². The number of aldehydes is 1. The standard InChI is InChI=1S/C18H21N2O2P/c1-15-18(14-21)19-12-13-20(15)23(22,16-8-4-2-5-9-16)17-10-6-3-7-11-17/h2-11,14-15,18-19H,12-13H2,1H3/t15-,18?/m1/s1. The Bertz CT molecular complexity index is 662. The number of hydrogen-bond acceptors (Lipinski definition) is 3. The molecule has 1 saturated heterocycles. The number of nitrogens with one attached hydrogen (secondary N) is 1. The maximum Gasteiger partial charge on any atom is 0.207 e. The van der Waals surface area contributed by atoms with Crippen molar-refractivity contribution in [3.8, 4) is 0 Å². The van der Waals surface area contributed by atoms with Crippen LogP contribution in [0.15, 0.2) is 60.7 Å². The molecule has 1 heterocycles. The molecule has 2 aromatic rings. The lowest BCUT2D eigenvalue weighted by Gasteiger charge is -2.42. The molecule has 23 heavy (non-hydrogen) atoms. The predicted molar refractivity (Wildman–Crippen MR) is 93.8 cm³/mol.